The van der Waals surface area contributed by atoms with Crippen LogP contribution in [0.4, 0.5) is 4.79 Å². The molecule has 2 fully saturated rings. The number of amides is 4. The number of benzene rings is 2. The summed E-state index contributed by atoms with van der Waals surface area (Å²) in [7, 11) is 0. The van der Waals surface area contributed by atoms with Crippen molar-refractivity contribution >= 4 is 17.8 Å². The van der Waals surface area contributed by atoms with Crippen molar-refractivity contribution in [2.45, 2.75) is 25.6 Å². The van der Waals surface area contributed by atoms with Crippen molar-refractivity contribution in [1.29, 1.82) is 0 Å². The van der Waals surface area contributed by atoms with Crippen LogP contribution in [-0.2, 0) is 22.6 Å². The summed E-state index contributed by atoms with van der Waals surface area (Å²) in [6.45, 7) is 0.367. The van der Waals surface area contributed by atoms with E-state index in [9.17, 15) is 14.4 Å². The van der Waals surface area contributed by atoms with Crippen LogP contribution in [0.3, 0.4) is 0 Å². The molecule has 2 aliphatic carbocycles. The van der Waals surface area contributed by atoms with E-state index in [2.05, 4.69) is 22.8 Å². The number of rotatable bonds is 6. The van der Waals surface area contributed by atoms with Crippen LogP contribution < -0.4 is 10.6 Å². The molecule has 6 heteroatoms. The van der Waals surface area contributed by atoms with Gasteiger partial charge in [0.1, 0.15) is 6.17 Å². The number of hydrogen-bond donors (Lipinski definition) is 2. The quantitative estimate of drug-likeness (QED) is 0.563. The Bertz CT molecular complexity index is 991. The highest BCUT2D eigenvalue weighted by molar-refractivity contribution is 6.07. The molecule has 4 amide bonds. The van der Waals surface area contributed by atoms with Gasteiger partial charge in [-0.25, -0.2) is 4.79 Å². The number of imide groups is 1. The van der Waals surface area contributed by atoms with Crippen LogP contribution in [0, 0.1) is 23.7 Å². The molecule has 5 unspecified atom stereocenters. The van der Waals surface area contributed by atoms with Gasteiger partial charge in [-0.2, -0.15) is 0 Å². The molecular weight excluding hydrogens is 390 g/mol. The maximum absolute atomic E-state index is 13.3. The van der Waals surface area contributed by atoms with Crippen LogP contribution in [0.1, 0.15) is 17.5 Å². The Labute approximate surface area is 181 Å². The minimum absolute atomic E-state index is 0.140. The van der Waals surface area contributed by atoms with Gasteiger partial charge in [0.25, 0.3) is 0 Å². The summed E-state index contributed by atoms with van der Waals surface area (Å²) in [4.78, 5) is 40.6. The monoisotopic (exact) mass is 415 g/mol. The summed E-state index contributed by atoms with van der Waals surface area (Å²) in [6.07, 6.45) is 4.69. The smallest absolute Gasteiger partial charge is 0.316 e. The lowest BCUT2D eigenvalue weighted by atomic mass is 9.85. The van der Waals surface area contributed by atoms with Gasteiger partial charge < -0.3 is 10.6 Å². The molecule has 2 aromatic rings. The van der Waals surface area contributed by atoms with Crippen molar-refractivity contribution in [3.05, 3.63) is 83.9 Å². The molecule has 1 saturated heterocycles. The van der Waals surface area contributed by atoms with E-state index in [1.54, 1.807) is 0 Å². The van der Waals surface area contributed by atoms with Crippen molar-refractivity contribution in [3.8, 4) is 0 Å². The zero-order chi connectivity index (χ0) is 21.4. The molecule has 1 heterocycles. The van der Waals surface area contributed by atoms with Gasteiger partial charge in [0.05, 0.1) is 11.8 Å². The fourth-order valence-electron chi connectivity index (χ4n) is 5.26. The number of likely N-dealkylation sites (tertiary alicyclic amines) is 1. The summed E-state index contributed by atoms with van der Waals surface area (Å²) in [5.41, 5.74) is 1.93. The van der Waals surface area contributed by atoms with Crippen molar-refractivity contribution in [1.82, 2.24) is 15.5 Å². The van der Waals surface area contributed by atoms with Crippen LogP contribution in [0.5, 0.6) is 0 Å². The lowest BCUT2D eigenvalue weighted by Crippen LogP contribution is -2.55. The lowest BCUT2D eigenvalue weighted by molar-refractivity contribution is -0.143. The van der Waals surface area contributed by atoms with Crippen LogP contribution in [0.15, 0.2) is 72.8 Å². The second-order valence-corrected chi connectivity index (χ2v) is 8.56. The molecule has 5 rings (SSSR count). The maximum atomic E-state index is 13.3. The summed E-state index contributed by atoms with van der Waals surface area (Å²) >= 11 is 0. The minimum Gasteiger partial charge on any atom is -0.334 e. The molecule has 0 aromatic heterocycles. The fourth-order valence-corrected chi connectivity index (χ4v) is 5.26. The lowest BCUT2D eigenvalue weighted by Gasteiger charge is -2.29. The van der Waals surface area contributed by atoms with E-state index >= 15 is 0 Å². The van der Waals surface area contributed by atoms with Crippen molar-refractivity contribution in [2.75, 3.05) is 0 Å². The van der Waals surface area contributed by atoms with Crippen molar-refractivity contribution in [2.24, 2.45) is 23.7 Å². The number of fused-ring (bicyclic) bond motifs is 5. The molecule has 6 nitrogen and oxygen atoms in total. The van der Waals surface area contributed by atoms with E-state index in [1.165, 1.54) is 4.90 Å². The van der Waals surface area contributed by atoms with Crippen molar-refractivity contribution < 1.29 is 14.4 Å². The van der Waals surface area contributed by atoms with Gasteiger partial charge in [-0.15, -0.1) is 0 Å². The minimum atomic E-state index is -0.719. The Kier molecular flexibility index (Phi) is 5.06. The van der Waals surface area contributed by atoms with Gasteiger partial charge in [0, 0.05) is 13.0 Å². The van der Waals surface area contributed by atoms with E-state index in [4.69, 9.17) is 0 Å². The van der Waals surface area contributed by atoms with Gasteiger partial charge >= 0.3 is 6.03 Å². The van der Waals surface area contributed by atoms with Gasteiger partial charge in [-0.3, -0.25) is 14.5 Å². The Balaban J connectivity index is 1.34. The highest BCUT2D eigenvalue weighted by Gasteiger charge is 2.60. The molecule has 2 bridgehead atoms. The number of nitrogens with one attached hydrogen (secondary N) is 2. The maximum Gasteiger partial charge on any atom is 0.316 e. The third-order valence-electron chi connectivity index (χ3n) is 6.68. The van der Waals surface area contributed by atoms with E-state index in [1.807, 2.05) is 60.7 Å². The predicted octanol–water partition coefficient (Wildman–Crippen LogP) is 2.86. The third-order valence-corrected chi connectivity index (χ3v) is 6.68. The van der Waals surface area contributed by atoms with E-state index in [-0.39, 0.29) is 35.5 Å². The molecule has 31 heavy (non-hydrogen) atoms. The average molecular weight is 415 g/mol. The normalized spacial score (nSPS) is 26.8. The highest BCUT2D eigenvalue weighted by atomic mass is 16.2. The standard InChI is InChI=1S/C25H25N3O3/c29-23-21-18-11-12-19(14-18)22(21)24(30)28(23)20(13-16-7-3-1-4-8-16)27-25(31)26-15-17-9-5-2-6-10-17/h1-12,18-22H,13-15H2,(H2,26,27,31). The molecule has 1 aliphatic heterocycles. The van der Waals surface area contributed by atoms with E-state index < -0.39 is 12.2 Å². The summed E-state index contributed by atoms with van der Waals surface area (Å²) in [5.74, 6) is -0.598. The van der Waals surface area contributed by atoms with Gasteiger partial charge in [0.15, 0.2) is 0 Å². The number of hydrogen-bond acceptors (Lipinski definition) is 3. The molecule has 0 spiro atoms. The Morgan fingerprint density at radius 2 is 1.42 bits per heavy atom. The van der Waals surface area contributed by atoms with Gasteiger partial charge in [0.2, 0.25) is 11.8 Å². The van der Waals surface area contributed by atoms with Crippen LogP contribution in [-0.4, -0.2) is 28.9 Å². The number of nitrogens with zero attached hydrogens (tertiary/aromatic N) is 1. The number of urea groups is 1. The summed E-state index contributed by atoms with van der Waals surface area (Å²) < 4.78 is 0. The summed E-state index contributed by atoms with van der Waals surface area (Å²) in [5, 5.41) is 5.73. The molecule has 2 N–H and O–H groups in total. The van der Waals surface area contributed by atoms with E-state index in [0.29, 0.717) is 13.0 Å². The molecular formula is C25H25N3O3. The number of carbonyl (C=O) groups excluding carboxylic acids is 3. The van der Waals surface area contributed by atoms with Crippen LogP contribution in [0.2, 0.25) is 0 Å². The molecule has 2 aromatic carbocycles. The molecule has 0 radical (unpaired) electrons. The number of allylic oxidation sites excluding steroid dienone is 2. The van der Waals surface area contributed by atoms with Crippen LogP contribution >= 0.6 is 0 Å². The first-order valence-electron chi connectivity index (χ1n) is 10.8. The third kappa shape index (κ3) is 3.63. The van der Waals surface area contributed by atoms with Crippen LogP contribution in [0.25, 0.3) is 0 Å². The molecule has 158 valence electrons. The first kappa shape index (κ1) is 19.5. The number of carbonyl (C=O) groups is 3. The molecule has 3 aliphatic rings. The Morgan fingerprint density at radius 1 is 0.871 bits per heavy atom. The van der Waals surface area contributed by atoms with Gasteiger partial charge in [-0.05, 0) is 29.4 Å². The van der Waals surface area contributed by atoms with Crippen molar-refractivity contribution in [3.63, 3.8) is 0 Å². The first-order chi connectivity index (χ1) is 15.1. The topological polar surface area (TPSA) is 78.5 Å². The largest absolute Gasteiger partial charge is 0.334 e. The molecule has 1 saturated carbocycles. The highest BCUT2D eigenvalue weighted by Crippen LogP contribution is 2.52. The predicted molar refractivity (Wildman–Crippen MR) is 115 cm³/mol. The molecule has 5 atom stereocenters. The Hall–Kier alpha value is -3.41. The van der Waals surface area contributed by atoms with Gasteiger partial charge in [-0.1, -0.05) is 72.8 Å². The fraction of sp³-hybridized carbons (Fsp3) is 0.320. The second kappa shape index (κ2) is 8.02. The summed E-state index contributed by atoms with van der Waals surface area (Å²) in [6, 6.07) is 18.8. The SMILES string of the molecule is O=C(NCc1ccccc1)NC(Cc1ccccc1)N1C(=O)C2C3C=CC(C3)C2C1=O. The first-order valence-corrected chi connectivity index (χ1v) is 10.8. The van der Waals surface area contributed by atoms with E-state index in [0.717, 1.165) is 17.5 Å². The zero-order valence-electron chi connectivity index (χ0n) is 17.1. The zero-order valence-corrected chi connectivity index (χ0v) is 17.1. The average Bonchev–Trinajstić information content (AvgIpc) is 3.47. The Morgan fingerprint density at radius 3 is 2.00 bits per heavy atom. The second-order valence-electron chi connectivity index (χ2n) is 8.56.